The molecule has 0 aliphatic carbocycles. The first-order valence-corrected chi connectivity index (χ1v) is 7.61. The zero-order chi connectivity index (χ0) is 14.5. The van der Waals surface area contributed by atoms with Crippen LogP contribution in [0.4, 0.5) is 0 Å². The number of rotatable bonds is 4. The molecule has 1 aromatic rings. The topological polar surface area (TPSA) is 40.5 Å². The molecule has 2 rings (SSSR count). The number of carbonyl (C=O) groups is 1. The third-order valence-electron chi connectivity index (χ3n) is 4.39. The van der Waals surface area contributed by atoms with Gasteiger partial charge < -0.3 is 5.11 Å². The van der Waals surface area contributed by atoms with Crippen molar-refractivity contribution < 1.29 is 9.90 Å². The van der Waals surface area contributed by atoms with Gasteiger partial charge in [0.1, 0.15) is 0 Å². The molecule has 1 unspecified atom stereocenters. The average Bonchev–Trinajstić information content (AvgIpc) is 2.65. The standard InChI is InChI=1S/C17H25NO2/c1-13(2)15-7-4-9-18(10-8-15)12-14-5-3-6-16(11-14)17(19)20/h3,5-6,11,13,15H,4,7-10,12H2,1-2H3,(H,19,20). The number of hydrogen-bond acceptors (Lipinski definition) is 2. The molecule has 1 N–H and O–H groups in total. The lowest BCUT2D eigenvalue weighted by Gasteiger charge is -2.21. The summed E-state index contributed by atoms with van der Waals surface area (Å²) in [5.41, 5.74) is 1.49. The van der Waals surface area contributed by atoms with Gasteiger partial charge in [-0.1, -0.05) is 26.0 Å². The van der Waals surface area contributed by atoms with Crippen molar-refractivity contribution in [3.8, 4) is 0 Å². The molecule has 20 heavy (non-hydrogen) atoms. The van der Waals surface area contributed by atoms with Crippen LogP contribution < -0.4 is 0 Å². The molecule has 1 fully saturated rings. The molecule has 1 atom stereocenters. The van der Waals surface area contributed by atoms with E-state index in [1.807, 2.05) is 12.1 Å². The molecule has 3 nitrogen and oxygen atoms in total. The predicted octanol–water partition coefficient (Wildman–Crippen LogP) is 3.64. The van der Waals surface area contributed by atoms with Crippen LogP contribution in [0.1, 0.15) is 49.0 Å². The van der Waals surface area contributed by atoms with Gasteiger partial charge in [-0.05, 0) is 61.9 Å². The third-order valence-corrected chi connectivity index (χ3v) is 4.39. The molecule has 0 bridgehead atoms. The summed E-state index contributed by atoms with van der Waals surface area (Å²) in [4.78, 5) is 13.5. The fourth-order valence-electron chi connectivity index (χ4n) is 3.07. The lowest BCUT2D eigenvalue weighted by molar-refractivity contribution is 0.0696. The first kappa shape index (κ1) is 15.0. The van der Waals surface area contributed by atoms with E-state index in [0.29, 0.717) is 5.56 Å². The van der Waals surface area contributed by atoms with E-state index in [9.17, 15) is 4.79 Å². The number of benzene rings is 1. The second kappa shape index (κ2) is 6.89. The number of likely N-dealkylation sites (tertiary alicyclic amines) is 1. The highest BCUT2D eigenvalue weighted by molar-refractivity contribution is 5.87. The molecule has 1 aromatic carbocycles. The lowest BCUT2D eigenvalue weighted by atomic mass is 9.89. The molecule has 0 spiro atoms. The van der Waals surface area contributed by atoms with Crippen LogP contribution >= 0.6 is 0 Å². The van der Waals surface area contributed by atoms with Crippen molar-refractivity contribution in [3.05, 3.63) is 35.4 Å². The van der Waals surface area contributed by atoms with Crippen molar-refractivity contribution in [2.45, 2.75) is 39.7 Å². The van der Waals surface area contributed by atoms with Crippen molar-refractivity contribution in [2.24, 2.45) is 11.8 Å². The average molecular weight is 275 g/mol. The fraction of sp³-hybridized carbons (Fsp3) is 0.588. The van der Waals surface area contributed by atoms with Crippen LogP contribution in [0.5, 0.6) is 0 Å². The van der Waals surface area contributed by atoms with E-state index in [1.165, 1.54) is 19.3 Å². The Labute approximate surface area is 121 Å². The highest BCUT2D eigenvalue weighted by Crippen LogP contribution is 2.25. The van der Waals surface area contributed by atoms with Crippen LogP contribution in [0.2, 0.25) is 0 Å². The maximum atomic E-state index is 11.0. The minimum absolute atomic E-state index is 0.386. The molecule has 110 valence electrons. The van der Waals surface area contributed by atoms with Crippen LogP contribution in [0.15, 0.2) is 24.3 Å². The van der Waals surface area contributed by atoms with E-state index in [2.05, 4.69) is 18.7 Å². The summed E-state index contributed by atoms with van der Waals surface area (Å²) in [6.07, 6.45) is 3.83. The molecule has 3 heteroatoms. The van der Waals surface area contributed by atoms with E-state index in [-0.39, 0.29) is 0 Å². The van der Waals surface area contributed by atoms with Crippen molar-refractivity contribution in [1.29, 1.82) is 0 Å². The predicted molar refractivity (Wildman–Crippen MR) is 80.9 cm³/mol. The first-order valence-electron chi connectivity index (χ1n) is 7.61. The van der Waals surface area contributed by atoms with Gasteiger partial charge in [0.2, 0.25) is 0 Å². The van der Waals surface area contributed by atoms with Crippen molar-refractivity contribution in [3.63, 3.8) is 0 Å². The van der Waals surface area contributed by atoms with Gasteiger partial charge in [-0.15, -0.1) is 0 Å². The molecular weight excluding hydrogens is 250 g/mol. The van der Waals surface area contributed by atoms with Gasteiger partial charge in [0.05, 0.1) is 5.56 Å². The Balaban J connectivity index is 1.96. The number of carboxylic acid groups (broad SMARTS) is 1. The number of hydrogen-bond donors (Lipinski definition) is 1. The van der Waals surface area contributed by atoms with Gasteiger partial charge in [-0.3, -0.25) is 4.90 Å². The van der Waals surface area contributed by atoms with Gasteiger partial charge in [-0.25, -0.2) is 4.79 Å². The van der Waals surface area contributed by atoms with Crippen molar-refractivity contribution >= 4 is 5.97 Å². The van der Waals surface area contributed by atoms with E-state index in [4.69, 9.17) is 5.11 Å². The molecule has 1 aliphatic rings. The summed E-state index contributed by atoms with van der Waals surface area (Å²) in [5, 5.41) is 9.04. The second-order valence-corrected chi connectivity index (χ2v) is 6.22. The van der Waals surface area contributed by atoms with Gasteiger partial charge in [0.15, 0.2) is 0 Å². The zero-order valence-electron chi connectivity index (χ0n) is 12.5. The first-order chi connectivity index (χ1) is 9.56. The molecular formula is C17H25NO2. The molecule has 1 heterocycles. The summed E-state index contributed by atoms with van der Waals surface area (Å²) < 4.78 is 0. The molecule has 0 saturated carbocycles. The van der Waals surface area contributed by atoms with Crippen LogP contribution in [-0.2, 0) is 6.54 Å². The minimum atomic E-state index is -0.845. The van der Waals surface area contributed by atoms with Crippen molar-refractivity contribution in [2.75, 3.05) is 13.1 Å². The van der Waals surface area contributed by atoms with Crippen LogP contribution in [-0.4, -0.2) is 29.1 Å². The zero-order valence-corrected chi connectivity index (χ0v) is 12.5. The van der Waals surface area contributed by atoms with Crippen LogP contribution in [0.25, 0.3) is 0 Å². The van der Waals surface area contributed by atoms with Gasteiger partial charge in [-0.2, -0.15) is 0 Å². The Kier molecular flexibility index (Phi) is 5.18. The van der Waals surface area contributed by atoms with E-state index in [0.717, 1.165) is 37.0 Å². The van der Waals surface area contributed by atoms with E-state index in [1.54, 1.807) is 12.1 Å². The smallest absolute Gasteiger partial charge is 0.335 e. The quantitative estimate of drug-likeness (QED) is 0.912. The molecule has 0 amide bonds. The molecule has 0 radical (unpaired) electrons. The van der Waals surface area contributed by atoms with Gasteiger partial charge in [0, 0.05) is 6.54 Å². The summed E-state index contributed by atoms with van der Waals surface area (Å²) in [7, 11) is 0. The fourth-order valence-corrected chi connectivity index (χ4v) is 3.07. The highest BCUT2D eigenvalue weighted by atomic mass is 16.4. The summed E-state index contributed by atoms with van der Waals surface area (Å²) in [5.74, 6) is 0.762. The number of carboxylic acids is 1. The summed E-state index contributed by atoms with van der Waals surface area (Å²) >= 11 is 0. The van der Waals surface area contributed by atoms with E-state index < -0.39 is 5.97 Å². The highest BCUT2D eigenvalue weighted by Gasteiger charge is 2.19. The Morgan fingerprint density at radius 3 is 2.85 bits per heavy atom. The Morgan fingerprint density at radius 2 is 2.15 bits per heavy atom. The Morgan fingerprint density at radius 1 is 1.35 bits per heavy atom. The van der Waals surface area contributed by atoms with Crippen LogP contribution in [0, 0.1) is 11.8 Å². The monoisotopic (exact) mass is 275 g/mol. The molecule has 1 saturated heterocycles. The minimum Gasteiger partial charge on any atom is -0.478 e. The largest absolute Gasteiger partial charge is 0.478 e. The summed E-state index contributed by atoms with van der Waals surface area (Å²) in [6, 6.07) is 7.32. The normalized spacial score (nSPS) is 20.9. The van der Waals surface area contributed by atoms with Gasteiger partial charge >= 0.3 is 5.97 Å². The van der Waals surface area contributed by atoms with Gasteiger partial charge in [0.25, 0.3) is 0 Å². The lowest BCUT2D eigenvalue weighted by Crippen LogP contribution is -2.24. The number of nitrogens with zero attached hydrogens (tertiary/aromatic N) is 1. The maximum Gasteiger partial charge on any atom is 0.335 e. The molecule has 0 aromatic heterocycles. The Hall–Kier alpha value is -1.35. The third kappa shape index (κ3) is 4.07. The van der Waals surface area contributed by atoms with E-state index >= 15 is 0 Å². The molecule has 1 aliphatic heterocycles. The van der Waals surface area contributed by atoms with Crippen LogP contribution in [0.3, 0.4) is 0 Å². The van der Waals surface area contributed by atoms with Crippen molar-refractivity contribution in [1.82, 2.24) is 4.90 Å². The SMILES string of the molecule is CC(C)C1CCCN(Cc2cccc(C(=O)O)c2)CC1. The number of aromatic carboxylic acids is 1. The Bertz CT molecular complexity index is 456. The second-order valence-electron chi connectivity index (χ2n) is 6.22. The summed E-state index contributed by atoms with van der Waals surface area (Å²) in [6.45, 7) is 7.75. The maximum absolute atomic E-state index is 11.0.